The zero-order chi connectivity index (χ0) is 28.2. The minimum atomic E-state index is -1.33. The molecule has 210 valence electrons. The van der Waals surface area contributed by atoms with Crippen LogP contribution in [0.25, 0.3) is 0 Å². The molecule has 0 fully saturated rings. The highest BCUT2D eigenvalue weighted by Crippen LogP contribution is 2.30. The van der Waals surface area contributed by atoms with Crippen molar-refractivity contribution in [3.05, 3.63) is 29.8 Å². The first-order chi connectivity index (χ1) is 17.2. The Morgan fingerprint density at radius 1 is 0.973 bits per heavy atom. The highest BCUT2D eigenvalue weighted by Gasteiger charge is 2.38. The molecule has 0 aromatic heterocycles. The molecule has 9 nitrogen and oxygen atoms in total. The van der Waals surface area contributed by atoms with Gasteiger partial charge in [-0.15, -0.1) is 0 Å². The Hall–Kier alpha value is -2.81. The third-order valence-corrected chi connectivity index (χ3v) is 5.50. The number of nitrogens with one attached hydrogen (secondary N) is 2. The van der Waals surface area contributed by atoms with Crippen LogP contribution >= 0.6 is 0 Å². The normalized spacial score (nSPS) is 13.4. The van der Waals surface area contributed by atoms with Crippen LogP contribution in [0, 0.1) is 0 Å². The zero-order valence-electron chi connectivity index (χ0n) is 23.6. The van der Waals surface area contributed by atoms with Gasteiger partial charge in [-0.25, -0.2) is 4.79 Å². The number of carbonyl (C=O) groups is 3. The maximum absolute atomic E-state index is 13.8. The predicted octanol–water partition coefficient (Wildman–Crippen LogP) is 4.42. The number of aromatic hydroxyl groups is 1. The van der Waals surface area contributed by atoms with E-state index in [1.807, 2.05) is 20.8 Å². The second-order valence-corrected chi connectivity index (χ2v) is 11.4. The fourth-order valence-electron chi connectivity index (χ4n) is 3.87. The molecule has 0 saturated heterocycles. The number of phenolic OH excluding ortho intramolecular Hbond substituents is 1. The van der Waals surface area contributed by atoms with Crippen LogP contribution in [-0.2, 0) is 14.3 Å². The quantitative estimate of drug-likeness (QED) is 0.285. The highest BCUT2D eigenvalue weighted by molar-refractivity contribution is 5.92. The first kappa shape index (κ1) is 32.2. The number of aliphatic hydroxyl groups is 1. The lowest BCUT2D eigenvalue weighted by Crippen LogP contribution is -2.55. The Balaban J connectivity index is 3.37. The van der Waals surface area contributed by atoms with Crippen LogP contribution in [-0.4, -0.2) is 63.4 Å². The molecule has 0 aliphatic rings. The molecule has 0 aliphatic carbocycles. The van der Waals surface area contributed by atoms with E-state index >= 15 is 0 Å². The lowest BCUT2D eigenvalue weighted by molar-refractivity contribution is -0.144. The molecular formula is C28H47N3O6. The van der Waals surface area contributed by atoms with Crippen LogP contribution < -0.4 is 10.6 Å². The van der Waals surface area contributed by atoms with E-state index in [0.29, 0.717) is 6.42 Å². The molecule has 0 bridgehead atoms. The van der Waals surface area contributed by atoms with E-state index in [-0.39, 0.29) is 17.9 Å². The maximum Gasteiger partial charge on any atom is 0.408 e. The summed E-state index contributed by atoms with van der Waals surface area (Å²) in [7, 11) is 0. The van der Waals surface area contributed by atoms with Crippen LogP contribution in [0.4, 0.5) is 4.79 Å². The van der Waals surface area contributed by atoms with Gasteiger partial charge in [-0.05, 0) is 54.0 Å². The molecule has 0 saturated carbocycles. The predicted molar refractivity (Wildman–Crippen MR) is 144 cm³/mol. The summed E-state index contributed by atoms with van der Waals surface area (Å²) in [6.45, 7) is 12.2. The average Bonchev–Trinajstić information content (AvgIpc) is 2.77. The summed E-state index contributed by atoms with van der Waals surface area (Å²) in [5.74, 6) is -1.24. The summed E-state index contributed by atoms with van der Waals surface area (Å²) in [6.07, 6.45) is 4.93. The highest BCUT2D eigenvalue weighted by atomic mass is 16.6. The number of unbranched alkanes of at least 4 members (excludes halogenated alkanes) is 5. The molecule has 0 spiro atoms. The Labute approximate surface area is 222 Å². The second kappa shape index (κ2) is 14.8. The first-order valence-electron chi connectivity index (χ1n) is 13.2. The first-order valence-corrected chi connectivity index (χ1v) is 13.2. The van der Waals surface area contributed by atoms with Gasteiger partial charge in [-0.2, -0.15) is 0 Å². The molecule has 9 heteroatoms. The van der Waals surface area contributed by atoms with E-state index in [9.17, 15) is 24.6 Å². The molecule has 37 heavy (non-hydrogen) atoms. The topological polar surface area (TPSA) is 128 Å². The summed E-state index contributed by atoms with van der Waals surface area (Å²) < 4.78 is 5.26. The van der Waals surface area contributed by atoms with Gasteiger partial charge < -0.3 is 30.5 Å². The lowest BCUT2D eigenvalue weighted by atomic mass is 9.99. The Morgan fingerprint density at radius 3 is 2.11 bits per heavy atom. The van der Waals surface area contributed by atoms with Crippen molar-refractivity contribution in [3.63, 3.8) is 0 Å². The van der Waals surface area contributed by atoms with Crippen LogP contribution in [0.2, 0.25) is 0 Å². The molecule has 3 amide bonds. The van der Waals surface area contributed by atoms with E-state index in [1.54, 1.807) is 39.0 Å². The van der Waals surface area contributed by atoms with Crippen LogP contribution in [0.3, 0.4) is 0 Å². The van der Waals surface area contributed by atoms with E-state index in [4.69, 9.17) is 4.74 Å². The average molecular weight is 522 g/mol. The van der Waals surface area contributed by atoms with Crippen molar-refractivity contribution in [3.8, 4) is 5.75 Å². The summed E-state index contributed by atoms with van der Waals surface area (Å²) in [4.78, 5) is 41.1. The van der Waals surface area contributed by atoms with Crippen molar-refractivity contribution in [2.45, 2.75) is 110 Å². The molecule has 1 rings (SSSR count). The van der Waals surface area contributed by atoms with Gasteiger partial charge in [0.15, 0.2) is 0 Å². The number of amides is 3. The molecule has 0 aliphatic heterocycles. The maximum atomic E-state index is 13.8. The molecule has 0 heterocycles. The number of hydrogen-bond donors (Lipinski definition) is 4. The number of nitrogens with zero attached hydrogens (tertiary/aromatic N) is 1. The second-order valence-electron chi connectivity index (χ2n) is 11.4. The number of benzene rings is 1. The number of alkyl carbamates (subject to hydrolysis) is 1. The van der Waals surface area contributed by atoms with E-state index < -0.39 is 47.7 Å². The Kier molecular flexibility index (Phi) is 12.9. The molecular weight excluding hydrogens is 474 g/mol. The molecule has 2 atom stereocenters. The number of ether oxygens (including phenoxy) is 1. The zero-order valence-corrected chi connectivity index (χ0v) is 23.6. The van der Waals surface area contributed by atoms with Gasteiger partial charge in [0.05, 0.1) is 6.61 Å². The third kappa shape index (κ3) is 11.9. The van der Waals surface area contributed by atoms with Crippen molar-refractivity contribution in [1.29, 1.82) is 0 Å². The summed E-state index contributed by atoms with van der Waals surface area (Å²) in [5.41, 5.74) is -1.13. The van der Waals surface area contributed by atoms with Crippen LogP contribution in [0.5, 0.6) is 5.75 Å². The summed E-state index contributed by atoms with van der Waals surface area (Å²) in [5, 5.41) is 26.0. The minimum Gasteiger partial charge on any atom is -0.508 e. The lowest BCUT2D eigenvalue weighted by Gasteiger charge is -2.36. The number of aliphatic hydroxyl groups excluding tert-OH is 1. The van der Waals surface area contributed by atoms with E-state index in [0.717, 1.165) is 32.1 Å². The smallest absolute Gasteiger partial charge is 0.408 e. The van der Waals surface area contributed by atoms with Gasteiger partial charge in [0.2, 0.25) is 11.8 Å². The number of rotatable bonds is 13. The number of carbonyl (C=O) groups excluding carboxylic acids is 3. The molecule has 2 unspecified atom stereocenters. The fourth-order valence-corrected chi connectivity index (χ4v) is 3.87. The Morgan fingerprint density at radius 2 is 1.57 bits per heavy atom. The number of phenols is 1. The van der Waals surface area contributed by atoms with Crippen LogP contribution in [0.15, 0.2) is 24.3 Å². The van der Waals surface area contributed by atoms with Gasteiger partial charge >= 0.3 is 6.09 Å². The van der Waals surface area contributed by atoms with Gasteiger partial charge in [0.1, 0.15) is 23.4 Å². The molecule has 0 radical (unpaired) electrons. The van der Waals surface area contributed by atoms with Crippen molar-refractivity contribution in [1.82, 2.24) is 15.5 Å². The standard InChI is InChI=1S/C28H47N3O6/c1-8-9-10-11-12-15-18-31(25(35)21(19-32)29-26(36)37-28(5,6)7)23(24(34)30-27(2,3)4)20-16-13-14-17-22(20)33/h13-14,16-17,21,23,32-33H,8-12,15,18-19H2,1-7H3,(H,29,36)(H,30,34). The van der Waals surface area contributed by atoms with Crippen molar-refractivity contribution in [2.75, 3.05) is 13.2 Å². The van der Waals surface area contributed by atoms with E-state index in [2.05, 4.69) is 17.6 Å². The van der Waals surface area contributed by atoms with Gasteiger partial charge in [-0.1, -0.05) is 57.2 Å². The van der Waals surface area contributed by atoms with Gasteiger partial charge in [0.25, 0.3) is 0 Å². The van der Waals surface area contributed by atoms with Gasteiger partial charge in [0, 0.05) is 17.6 Å². The molecule has 1 aromatic rings. The number of para-hydroxylation sites is 1. The Bertz CT molecular complexity index is 875. The van der Waals surface area contributed by atoms with Gasteiger partial charge in [-0.3, -0.25) is 9.59 Å². The minimum absolute atomic E-state index is 0.127. The monoisotopic (exact) mass is 521 g/mol. The van der Waals surface area contributed by atoms with Crippen LogP contribution in [0.1, 0.15) is 98.6 Å². The van der Waals surface area contributed by atoms with Crippen molar-refractivity contribution in [2.24, 2.45) is 0 Å². The summed E-state index contributed by atoms with van der Waals surface area (Å²) >= 11 is 0. The van der Waals surface area contributed by atoms with E-state index in [1.165, 1.54) is 11.0 Å². The summed E-state index contributed by atoms with van der Waals surface area (Å²) in [6, 6.07) is 3.88. The SMILES string of the molecule is CCCCCCCCN(C(=O)C(CO)NC(=O)OC(C)(C)C)C(C(=O)NC(C)(C)C)c1ccccc1O. The number of hydrogen-bond acceptors (Lipinski definition) is 6. The van der Waals surface area contributed by atoms with Crippen molar-refractivity contribution >= 4 is 17.9 Å². The molecule has 4 N–H and O–H groups in total. The van der Waals surface area contributed by atoms with Crippen molar-refractivity contribution < 1.29 is 29.3 Å². The third-order valence-electron chi connectivity index (χ3n) is 5.50. The largest absolute Gasteiger partial charge is 0.508 e. The molecule has 1 aromatic carbocycles. The fraction of sp³-hybridized carbons (Fsp3) is 0.679.